The molecule has 1 heterocycles. The normalized spacial score (nSPS) is 10.5. The van der Waals surface area contributed by atoms with Crippen LogP contribution in [-0.2, 0) is 4.79 Å². The number of aromatic nitrogens is 1. The van der Waals surface area contributed by atoms with Crippen molar-refractivity contribution >= 4 is 22.7 Å². The van der Waals surface area contributed by atoms with E-state index in [9.17, 15) is 9.59 Å². The molecule has 18 heavy (non-hydrogen) atoms. The van der Waals surface area contributed by atoms with Gasteiger partial charge in [0.25, 0.3) is 0 Å². The third-order valence-corrected chi connectivity index (χ3v) is 2.75. The molecule has 0 saturated carbocycles. The van der Waals surface area contributed by atoms with Crippen LogP contribution in [0.2, 0.25) is 0 Å². The molecule has 0 aliphatic heterocycles. The lowest BCUT2D eigenvalue weighted by Gasteiger charge is -2.03. The summed E-state index contributed by atoms with van der Waals surface area (Å²) in [5, 5.41) is 9.29. The van der Waals surface area contributed by atoms with Gasteiger partial charge in [0.15, 0.2) is 5.78 Å². The SMILES string of the molecule is COc1cccc2[nH]cc(C(=O)CCC(=O)O)c12. The molecule has 0 unspecified atom stereocenters. The minimum atomic E-state index is -0.977. The van der Waals surface area contributed by atoms with E-state index in [4.69, 9.17) is 9.84 Å². The number of aliphatic carboxylic acids is 1. The van der Waals surface area contributed by atoms with Crippen LogP contribution in [0.1, 0.15) is 23.2 Å². The van der Waals surface area contributed by atoms with Crippen molar-refractivity contribution in [2.24, 2.45) is 0 Å². The molecule has 0 spiro atoms. The molecule has 94 valence electrons. The van der Waals surface area contributed by atoms with Gasteiger partial charge in [-0.3, -0.25) is 9.59 Å². The molecular formula is C13H13NO4. The third kappa shape index (κ3) is 2.20. The zero-order chi connectivity index (χ0) is 13.1. The molecule has 0 fully saturated rings. The van der Waals surface area contributed by atoms with Gasteiger partial charge in [-0.15, -0.1) is 0 Å². The van der Waals surface area contributed by atoms with Gasteiger partial charge in [0.1, 0.15) is 5.75 Å². The Balaban J connectivity index is 2.39. The van der Waals surface area contributed by atoms with E-state index in [0.717, 1.165) is 5.52 Å². The molecule has 0 atom stereocenters. The Morgan fingerprint density at radius 3 is 2.78 bits per heavy atom. The second-order valence-corrected chi connectivity index (χ2v) is 3.90. The van der Waals surface area contributed by atoms with Crippen LogP contribution in [0.25, 0.3) is 10.9 Å². The second kappa shape index (κ2) is 4.91. The summed E-state index contributed by atoms with van der Waals surface area (Å²) in [5.74, 6) is -0.573. The molecule has 5 nitrogen and oxygen atoms in total. The summed E-state index contributed by atoms with van der Waals surface area (Å²) in [6, 6.07) is 5.43. The number of hydrogen-bond acceptors (Lipinski definition) is 3. The first kappa shape index (κ1) is 12.2. The summed E-state index contributed by atoms with van der Waals surface area (Å²) in [5.41, 5.74) is 1.27. The molecule has 2 rings (SSSR count). The van der Waals surface area contributed by atoms with Gasteiger partial charge in [0.05, 0.1) is 18.9 Å². The molecule has 0 radical (unpaired) electrons. The van der Waals surface area contributed by atoms with Gasteiger partial charge in [-0.25, -0.2) is 0 Å². The fraction of sp³-hybridized carbons (Fsp3) is 0.231. The second-order valence-electron chi connectivity index (χ2n) is 3.90. The van der Waals surface area contributed by atoms with E-state index in [0.29, 0.717) is 16.7 Å². The molecule has 0 saturated heterocycles. The molecule has 0 amide bonds. The number of benzene rings is 1. The number of ketones is 1. The van der Waals surface area contributed by atoms with Crippen LogP contribution in [0.4, 0.5) is 0 Å². The first-order valence-electron chi connectivity index (χ1n) is 5.52. The topological polar surface area (TPSA) is 79.4 Å². The summed E-state index contributed by atoms with van der Waals surface area (Å²) in [6.45, 7) is 0. The van der Waals surface area contributed by atoms with Gasteiger partial charge < -0.3 is 14.8 Å². The lowest BCUT2D eigenvalue weighted by Crippen LogP contribution is -2.03. The number of Topliss-reactive ketones (excluding diaryl/α,β-unsaturated/α-hetero) is 1. The molecule has 1 aromatic carbocycles. The molecule has 5 heteroatoms. The van der Waals surface area contributed by atoms with Crippen LogP contribution in [0.5, 0.6) is 5.75 Å². The maximum atomic E-state index is 12.0. The van der Waals surface area contributed by atoms with Crippen molar-refractivity contribution in [3.8, 4) is 5.75 Å². The lowest BCUT2D eigenvalue weighted by atomic mass is 10.0. The highest BCUT2D eigenvalue weighted by molar-refractivity contribution is 6.10. The fourth-order valence-corrected chi connectivity index (χ4v) is 1.90. The molecule has 1 aromatic heterocycles. The Morgan fingerprint density at radius 2 is 2.11 bits per heavy atom. The zero-order valence-corrected chi connectivity index (χ0v) is 9.90. The summed E-state index contributed by atoms with van der Waals surface area (Å²) in [7, 11) is 1.53. The lowest BCUT2D eigenvalue weighted by molar-refractivity contribution is -0.136. The highest BCUT2D eigenvalue weighted by Gasteiger charge is 2.16. The number of H-pyrrole nitrogens is 1. The average molecular weight is 247 g/mol. The van der Waals surface area contributed by atoms with E-state index >= 15 is 0 Å². The number of carboxylic acids is 1. The van der Waals surface area contributed by atoms with Crippen LogP contribution >= 0.6 is 0 Å². The van der Waals surface area contributed by atoms with E-state index in [1.165, 1.54) is 7.11 Å². The van der Waals surface area contributed by atoms with Gasteiger partial charge in [-0.2, -0.15) is 0 Å². The number of methoxy groups -OCH3 is 1. The Hall–Kier alpha value is -2.30. The molecule has 0 aliphatic rings. The standard InChI is InChI=1S/C13H13NO4/c1-18-11-4-2-3-9-13(11)8(7-14-9)10(15)5-6-12(16)17/h2-4,7,14H,5-6H2,1H3,(H,16,17). The van der Waals surface area contributed by atoms with E-state index in [1.54, 1.807) is 12.3 Å². The number of nitrogens with one attached hydrogen (secondary N) is 1. The first-order chi connectivity index (χ1) is 8.63. The van der Waals surface area contributed by atoms with Crippen molar-refractivity contribution in [3.05, 3.63) is 30.0 Å². The summed E-state index contributed by atoms with van der Waals surface area (Å²) in [6.07, 6.45) is 1.42. The Bertz CT molecular complexity index is 600. The first-order valence-corrected chi connectivity index (χ1v) is 5.52. The molecule has 2 N–H and O–H groups in total. The van der Waals surface area contributed by atoms with Crippen molar-refractivity contribution in [1.82, 2.24) is 4.98 Å². The zero-order valence-electron chi connectivity index (χ0n) is 9.90. The monoisotopic (exact) mass is 247 g/mol. The van der Waals surface area contributed by atoms with Crippen molar-refractivity contribution in [3.63, 3.8) is 0 Å². The molecule has 2 aromatic rings. The predicted octanol–water partition coefficient (Wildman–Crippen LogP) is 2.22. The van der Waals surface area contributed by atoms with Crippen LogP contribution in [0.3, 0.4) is 0 Å². The number of rotatable bonds is 5. The maximum Gasteiger partial charge on any atom is 0.303 e. The van der Waals surface area contributed by atoms with Crippen molar-refractivity contribution in [1.29, 1.82) is 0 Å². The molecule has 0 bridgehead atoms. The Labute approximate surface area is 103 Å². The van der Waals surface area contributed by atoms with Crippen LogP contribution in [0, 0.1) is 0 Å². The quantitative estimate of drug-likeness (QED) is 0.794. The largest absolute Gasteiger partial charge is 0.496 e. The smallest absolute Gasteiger partial charge is 0.303 e. The predicted molar refractivity (Wildman–Crippen MR) is 66.1 cm³/mol. The number of fused-ring (bicyclic) bond motifs is 1. The minimum absolute atomic E-state index is 0.0136. The number of carbonyl (C=O) groups is 2. The van der Waals surface area contributed by atoms with Gasteiger partial charge in [-0.1, -0.05) is 6.07 Å². The van der Waals surface area contributed by atoms with Crippen molar-refractivity contribution in [2.75, 3.05) is 7.11 Å². The fourth-order valence-electron chi connectivity index (χ4n) is 1.90. The van der Waals surface area contributed by atoms with Crippen LogP contribution in [0.15, 0.2) is 24.4 Å². The number of ether oxygens (including phenoxy) is 1. The number of aromatic amines is 1. The summed E-state index contributed by atoms with van der Waals surface area (Å²) < 4.78 is 5.21. The van der Waals surface area contributed by atoms with Gasteiger partial charge in [0.2, 0.25) is 0 Å². The number of carboxylic acid groups (broad SMARTS) is 1. The minimum Gasteiger partial charge on any atom is -0.496 e. The highest BCUT2D eigenvalue weighted by Crippen LogP contribution is 2.29. The summed E-state index contributed by atoms with van der Waals surface area (Å²) >= 11 is 0. The third-order valence-electron chi connectivity index (χ3n) is 2.75. The molecular weight excluding hydrogens is 234 g/mol. The number of carbonyl (C=O) groups excluding carboxylic acids is 1. The van der Waals surface area contributed by atoms with E-state index < -0.39 is 5.97 Å². The Morgan fingerprint density at radius 1 is 1.33 bits per heavy atom. The van der Waals surface area contributed by atoms with Crippen LogP contribution < -0.4 is 4.74 Å². The van der Waals surface area contributed by atoms with Crippen molar-refractivity contribution in [2.45, 2.75) is 12.8 Å². The van der Waals surface area contributed by atoms with E-state index in [-0.39, 0.29) is 18.6 Å². The maximum absolute atomic E-state index is 12.0. The van der Waals surface area contributed by atoms with Crippen molar-refractivity contribution < 1.29 is 19.4 Å². The van der Waals surface area contributed by atoms with Gasteiger partial charge in [0, 0.05) is 23.7 Å². The van der Waals surface area contributed by atoms with Gasteiger partial charge in [-0.05, 0) is 12.1 Å². The van der Waals surface area contributed by atoms with E-state index in [2.05, 4.69) is 4.98 Å². The Kier molecular flexibility index (Phi) is 3.32. The molecule has 0 aliphatic carbocycles. The van der Waals surface area contributed by atoms with E-state index in [1.807, 2.05) is 12.1 Å². The number of hydrogen-bond donors (Lipinski definition) is 2. The average Bonchev–Trinajstić information content (AvgIpc) is 2.79. The highest BCUT2D eigenvalue weighted by atomic mass is 16.5. The summed E-state index contributed by atoms with van der Waals surface area (Å²) in [4.78, 5) is 25.4. The van der Waals surface area contributed by atoms with Gasteiger partial charge >= 0.3 is 5.97 Å². The van der Waals surface area contributed by atoms with Crippen LogP contribution in [-0.4, -0.2) is 29.0 Å².